The summed E-state index contributed by atoms with van der Waals surface area (Å²) in [7, 11) is 0. The lowest BCUT2D eigenvalue weighted by molar-refractivity contribution is 0.0736. The fraction of sp³-hybridized carbons (Fsp3) is 0.385. The van der Waals surface area contributed by atoms with Crippen molar-refractivity contribution < 1.29 is 4.79 Å². The highest BCUT2D eigenvalue weighted by molar-refractivity contribution is 5.94. The fourth-order valence-corrected chi connectivity index (χ4v) is 4.40. The van der Waals surface area contributed by atoms with Gasteiger partial charge in [0.05, 0.1) is 11.4 Å². The number of nitrogens with one attached hydrogen (secondary N) is 1. The first kappa shape index (κ1) is 21.3. The SMILES string of the molecule is CCC(CC)c1ccc(-c2ccc(C(=O)N3CCNCC3)cc2)cc1-n1ccc(C)n1. The smallest absolute Gasteiger partial charge is 0.253 e. The molecule has 0 saturated carbocycles. The zero-order valence-electron chi connectivity index (χ0n) is 18.8. The molecule has 0 aliphatic carbocycles. The molecule has 1 fully saturated rings. The van der Waals surface area contributed by atoms with E-state index >= 15 is 0 Å². The highest BCUT2D eigenvalue weighted by Gasteiger charge is 2.18. The van der Waals surface area contributed by atoms with Crippen molar-refractivity contribution >= 4 is 5.91 Å². The Morgan fingerprint density at radius 3 is 2.29 bits per heavy atom. The van der Waals surface area contributed by atoms with Crippen molar-refractivity contribution in [3.8, 4) is 16.8 Å². The first-order valence-electron chi connectivity index (χ1n) is 11.4. The Morgan fingerprint density at radius 1 is 1.00 bits per heavy atom. The topological polar surface area (TPSA) is 50.2 Å². The average Bonchev–Trinajstić information content (AvgIpc) is 3.26. The van der Waals surface area contributed by atoms with Crippen LogP contribution in [0.1, 0.15) is 54.2 Å². The van der Waals surface area contributed by atoms with E-state index in [1.165, 1.54) is 5.56 Å². The number of hydrogen-bond donors (Lipinski definition) is 1. The van der Waals surface area contributed by atoms with Gasteiger partial charge in [-0.2, -0.15) is 5.10 Å². The molecule has 0 unspecified atom stereocenters. The summed E-state index contributed by atoms with van der Waals surface area (Å²) in [5, 5.41) is 7.97. The lowest BCUT2D eigenvalue weighted by Gasteiger charge is -2.27. The summed E-state index contributed by atoms with van der Waals surface area (Å²) in [6.45, 7) is 9.77. The van der Waals surface area contributed by atoms with Crippen molar-refractivity contribution in [1.82, 2.24) is 20.0 Å². The molecule has 3 aromatic rings. The van der Waals surface area contributed by atoms with Gasteiger partial charge in [0.25, 0.3) is 5.91 Å². The van der Waals surface area contributed by atoms with Crippen molar-refractivity contribution in [3.05, 3.63) is 71.5 Å². The van der Waals surface area contributed by atoms with Crippen LogP contribution in [0.3, 0.4) is 0 Å². The van der Waals surface area contributed by atoms with E-state index in [2.05, 4.69) is 54.6 Å². The maximum absolute atomic E-state index is 12.8. The Hall–Kier alpha value is -2.92. The van der Waals surface area contributed by atoms with Gasteiger partial charge < -0.3 is 10.2 Å². The highest BCUT2D eigenvalue weighted by Crippen LogP contribution is 2.32. The minimum Gasteiger partial charge on any atom is -0.336 e. The van der Waals surface area contributed by atoms with Crippen LogP contribution in [0.2, 0.25) is 0 Å². The number of aryl methyl sites for hydroxylation is 1. The van der Waals surface area contributed by atoms with Gasteiger partial charge in [0.2, 0.25) is 0 Å². The molecule has 2 heterocycles. The van der Waals surface area contributed by atoms with Crippen LogP contribution < -0.4 is 5.32 Å². The Bertz CT molecular complexity index is 1030. The minimum absolute atomic E-state index is 0.116. The van der Waals surface area contributed by atoms with Crippen molar-refractivity contribution in [2.75, 3.05) is 26.2 Å². The molecule has 1 aliphatic heterocycles. The Morgan fingerprint density at radius 2 is 1.68 bits per heavy atom. The zero-order chi connectivity index (χ0) is 21.8. The Labute approximate surface area is 185 Å². The molecule has 0 atom stereocenters. The monoisotopic (exact) mass is 416 g/mol. The molecule has 1 amide bonds. The maximum atomic E-state index is 12.8. The normalized spacial score (nSPS) is 14.3. The van der Waals surface area contributed by atoms with Gasteiger partial charge in [-0.3, -0.25) is 4.79 Å². The van der Waals surface area contributed by atoms with E-state index in [0.717, 1.165) is 67.1 Å². The number of carbonyl (C=O) groups is 1. The minimum atomic E-state index is 0.116. The molecule has 162 valence electrons. The summed E-state index contributed by atoms with van der Waals surface area (Å²) in [6, 6.07) is 16.7. The number of piperazine rings is 1. The molecule has 1 aromatic heterocycles. The predicted octanol–water partition coefficient (Wildman–Crippen LogP) is 4.80. The molecule has 31 heavy (non-hydrogen) atoms. The predicted molar refractivity (Wildman–Crippen MR) is 126 cm³/mol. The number of hydrogen-bond acceptors (Lipinski definition) is 3. The van der Waals surface area contributed by atoms with Crippen LogP contribution in [-0.2, 0) is 0 Å². The second-order valence-electron chi connectivity index (χ2n) is 8.31. The molecule has 1 aliphatic rings. The van der Waals surface area contributed by atoms with E-state index in [0.29, 0.717) is 5.92 Å². The zero-order valence-corrected chi connectivity index (χ0v) is 18.8. The molecule has 0 spiro atoms. The van der Waals surface area contributed by atoms with Gasteiger partial charge in [-0.15, -0.1) is 0 Å². The molecule has 0 radical (unpaired) electrons. The van der Waals surface area contributed by atoms with E-state index in [-0.39, 0.29) is 5.91 Å². The van der Waals surface area contributed by atoms with Gasteiger partial charge in [0.15, 0.2) is 0 Å². The third-order valence-corrected chi connectivity index (χ3v) is 6.29. The molecule has 2 aromatic carbocycles. The van der Waals surface area contributed by atoms with Gasteiger partial charge in [-0.1, -0.05) is 38.1 Å². The number of rotatable bonds is 6. The fourth-order valence-electron chi connectivity index (χ4n) is 4.40. The summed E-state index contributed by atoms with van der Waals surface area (Å²) in [5.74, 6) is 0.623. The largest absolute Gasteiger partial charge is 0.336 e. The molecular weight excluding hydrogens is 384 g/mol. The van der Waals surface area contributed by atoms with E-state index in [9.17, 15) is 4.79 Å². The molecule has 5 nitrogen and oxygen atoms in total. The lowest BCUT2D eigenvalue weighted by atomic mass is 9.90. The molecule has 0 bridgehead atoms. The quantitative estimate of drug-likeness (QED) is 0.628. The first-order valence-corrected chi connectivity index (χ1v) is 11.4. The highest BCUT2D eigenvalue weighted by atomic mass is 16.2. The summed E-state index contributed by atoms with van der Waals surface area (Å²) in [5.41, 5.74) is 6.48. The van der Waals surface area contributed by atoms with E-state index < -0.39 is 0 Å². The molecular formula is C26H32N4O. The molecule has 4 rings (SSSR count). The lowest BCUT2D eigenvalue weighted by Crippen LogP contribution is -2.46. The van der Waals surface area contributed by atoms with Gasteiger partial charge >= 0.3 is 0 Å². The number of aromatic nitrogens is 2. The Kier molecular flexibility index (Phi) is 6.52. The number of amides is 1. The van der Waals surface area contributed by atoms with E-state index in [4.69, 9.17) is 0 Å². The third-order valence-electron chi connectivity index (χ3n) is 6.29. The number of carbonyl (C=O) groups excluding carboxylic acids is 1. The average molecular weight is 417 g/mol. The first-order chi connectivity index (χ1) is 15.1. The van der Waals surface area contributed by atoms with Crippen molar-refractivity contribution in [2.24, 2.45) is 0 Å². The Balaban J connectivity index is 1.65. The van der Waals surface area contributed by atoms with Gasteiger partial charge in [0.1, 0.15) is 0 Å². The maximum Gasteiger partial charge on any atom is 0.253 e. The van der Waals surface area contributed by atoms with Crippen LogP contribution >= 0.6 is 0 Å². The molecule has 1 saturated heterocycles. The number of benzene rings is 2. The van der Waals surface area contributed by atoms with Crippen LogP contribution in [-0.4, -0.2) is 46.8 Å². The summed E-state index contributed by atoms with van der Waals surface area (Å²) >= 11 is 0. The van der Waals surface area contributed by atoms with Crippen molar-refractivity contribution in [1.29, 1.82) is 0 Å². The van der Waals surface area contributed by atoms with Crippen LogP contribution in [0.5, 0.6) is 0 Å². The molecule has 1 N–H and O–H groups in total. The van der Waals surface area contributed by atoms with Crippen LogP contribution in [0, 0.1) is 6.92 Å². The van der Waals surface area contributed by atoms with Gasteiger partial charge in [-0.25, -0.2) is 4.68 Å². The van der Waals surface area contributed by atoms with Crippen molar-refractivity contribution in [3.63, 3.8) is 0 Å². The van der Waals surface area contributed by atoms with E-state index in [1.54, 1.807) is 0 Å². The van der Waals surface area contributed by atoms with E-state index in [1.807, 2.05) is 40.9 Å². The standard InChI is InChI=1S/C26H32N4O/c1-4-20(5-2)24-11-10-23(18-25(24)30-15-12-19(3)28-30)21-6-8-22(9-7-21)26(31)29-16-13-27-14-17-29/h6-12,15,18,20,27H,4-5,13-14,16-17H2,1-3H3. The molecule has 5 heteroatoms. The third kappa shape index (κ3) is 4.57. The van der Waals surface area contributed by atoms with Crippen LogP contribution in [0.25, 0.3) is 16.8 Å². The second-order valence-corrected chi connectivity index (χ2v) is 8.31. The van der Waals surface area contributed by atoms with Crippen molar-refractivity contribution in [2.45, 2.75) is 39.5 Å². The van der Waals surface area contributed by atoms with Gasteiger partial charge in [0, 0.05) is 37.9 Å². The number of nitrogens with zero attached hydrogens (tertiary/aromatic N) is 3. The second kappa shape index (κ2) is 9.48. The summed E-state index contributed by atoms with van der Waals surface area (Å²) in [6.07, 6.45) is 4.24. The van der Waals surface area contributed by atoms with Crippen LogP contribution in [0.4, 0.5) is 0 Å². The summed E-state index contributed by atoms with van der Waals surface area (Å²) in [4.78, 5) is 14.7. The van der Waals surface area contributed by atoms with Gasteiger partial charge in [-0.05, 0) is 66.6 Å². The summed E-state index contributed by atoms with van der Waals surface area (Å²) < 4.78 is 1.99. The van der Waals surface area contributed by atoms with Crippen LogP contribution in [0.15, 0.2) is 54.7 Å².